The van der Waals surface area contributed by atoms with Gasteiger partial charge < -0.3 is 10.5 Å². The van der Waals surface area contributed by atoms with E-state index in [1.807, 2.05) is 6.92 Å². The third kappa shape index (κ3) is 1.50. The zero-order chi connectivity index (χ0) is 11.0. The lowest BCUT2D eigenvalue weighted by molar-refractivity contribution is 0.0996. The number of ether oxygens (including phenoxy) is 1. The van der Waals surface area contributed by atoms with E-state index >= 15 is 0 Å². The van der Waals surface area contributed by atoms with Gasteiger partial charge in [0.05, 0.1) is 7.11 Å². The first-order chi connectivity index (χ1) is 7.11. The molecule has 0 aromatic carbocycles. The van der Waals surface area contributed by atoms with Crippen LogP contribution in [0.4, 0.5) is 0 Å². The average molecular weight is 206 g/mol. The topological polar surface area (TPSA) is 82.5 Å². The lowest BCUT2D eigenvalue weighted by Gasteiger charge is -2.03. The van der Waals surface area contributed by atoms with Crippen LogP contribution < -0.4 is 10.5 Å². The first-order valence-electron chi connectivity index (χ1n) is 4.32. The van der Waals surface area contributed by atoms with Crippen molar-refractivity contribution in [3.05, 3.63) is 23.7 Å². The summed E-state index contributed by atoms with van der Waals surface area (Å²) in [4.78, 5) is 19.1. The van der Waals surface area contributed by atoms with Crippen molar-refractivity contribution in [3.8, 4) is 5.88 Å². The van der Waals surface area contributed by atoms with E-state index in [0.29, 0.717) is 11.7 Å². The van der Waals surface area contributed by atoms with E-state index in [2.05, 4.69) is 9.97 Å². The van der Waals surface area contributed by atoms with E-state index in [9.17, 15) is 4.79 Å². The number of aryl methyl sites for hydroxylation is 1. The quantitative estimate of drug-likeness (QED) is 0.757. The highest BCUT2D eigenvalue weighted by Gasteiger charge is 2.11. The number of fused-ring (bicyclic) bond motifs is 1. The number of nitrogens with zero attached hydrogens (tertiary/aromatic N) is 3. The van der Waals surface area contributed by atoms with Crippen LogP contribution >= 0.6 is 0 Å². The third-order valence-electron chi connectivity index (χ3n) is 2.00. The van der Waals surface area contributed by atoms with Crippen molar-refractivity contribution in [1.29, 1.82) is 0 Å². The monoisotopic (exact) mass is 206 g/mol. The van der Waals surface area contributed by atoms with Gasteiger partial charge in [0.2, 0.25) is 11.7 Å². The molecule has 2 aromatic heterocycles. The van der Waals surface area contributed by atoms with Gasteiger partial charge in [-0.15, -0.1) is 0 Å². The number of nitrogens with two attached hydrogens (primary N) is 1. The number of rotatable bonds is 2. The summed E-state index contributed by atoms with van der Waals surface area (Å²) < 4.78 is 6.71. The van der Waals surface area contributed by atoms with Crippen molar-refractivity contribution in [3.63, 3.8) is 0 Å². The van der Waals surface area contributed by atoms with Gasteiger partial charge in [0.1, 0.15) is 5.69 Å². The SMILES string of the molecule is COc1cc(C)nc2nc(C(N)=O)cn12. The summed E-state index contributed by atoms with van der Waals surface area (Å²) in [7, 11) is 1.54. The molecule has 0 saturated carbocycles. The molecule has 0 spiro atoms. The van der Waals surface area contributed by atoms with Crippen molar-refractivity contribution in [1.82, 2.24) is 14.4 Å². The fourth-order valence-electron chi connectivity index (χ4n) is 1.33. The molecule has 0 bridgehead atoms. The molecular formula is C9H10N4O2. The van der Waals surface area contributed by atoms with Crippen molar-refractivity contribution < 1.29 is 9.53 Å². The molecule has 0 aliphatic heterocycles. The Morgan fingerprint density at radius 2 is 2.27 bits per heavy atom. The highest BCUT2D eigenvalue weighted by atomic mass is 16.5. The number of methoxy groups -OCH3 is 1. The minimum Gasteiger partial charge on any atom is -0.482 e. The van der Waals surface area contributed by atoms with Crippen molar-refractivity contribution in [2.45, 2.75) is 6.92 Å². The number of imidazole rings is 1. The molecule has 78 valence electrons. The number of primary amides is 1. The number of hydrogen-bond donors (Lipinski definition) is 1. The summed E-state index contributed by atoms with van der Waals surface area (Å²) in [6, 6.07) is 1.75. The standard InChI is InChI=1S/C9H10N4O2/c1-5-3-7(15-2)13-4-6(8(10)14)12-9(13)11-5/h3-4H,1-2H3,(H2,10,14). The number of carbonyl (C=O) groups is 1. The van der Waals surface area contributed by atoms with E-state index < -0.39 is 5.91 Å². The maximum Gasteiger partial charge on any atom is 0.268 e. The van der Waals surface area contributed by atoms with E-state index in [0.717, 1.165) is 5.69 Å². The van der Waals surface area contributed by atoms with E-state index in [4.69, 9.17) is 10.5 Å². The second-order valence-corrected chi connectivity index (χ2v) is 3.10. The van der Waals surface area contributed by atoms with Crippen LogP contribution in [0.1, 0.15) is 16.2 Å². The summed E-state index contributed by atoms with van der Waals surface area (Å²) in [6.45, 7) is 1.82. The summed E-state index contributed by atoms with van der Waals surface area (Å²) in [5.74, 6) is 0.387. The van der Waals surface area contributed by atoms with Crippen LogP contribution in [-0.2, 0) is 0 Å². The molecule has 15 heavy (non-hydrogen) atoms. The van der Waals surface area contributed by atoms with Gasteiger partial charge in [0.15, 0.2) is 0 Å². The van der Waals surface area contributed by atoms with Crippen LogP contribution in [-0.4, -0.2) is 27.4 Å². The minimum atomic E-state index is -0.583. The number of aromatic nitrogens is 3. The molecule has 0 atom stereocenters. The van der Waals surface area contributed by atoms with Crippen LogP contribution in [0.5, 0.6) is 5.88 Å². The Bertz CT molecular complexity index is 532. The molecule has 0 unspecified atom stereocenters. The molecule has 2 aromatic rings. The summed E-state index contributed by atoms with van der Waals surface area (Å²) in [6.07, 6.45) is 1.50. The minimum absolute atomic E-state index is 0.173. The fourth-order valence-corrected chi connectivity index (χ4v) is 1.33. The van der Waals surface area contributed by atoms with Gasteiger partial charge in [-0.25, -0.2) is 9.97 Å². The Hall–Kier alpha value is -2.11. The third-order valence-corrected chi connectivity index (χ3v) is 2.00. The number of amides is 1. The Morgan fingerprint density at radius 1 is 1.53 bits per heavy atom. The van der Waals surface area contributed by atoms with Crippen LogP contribution in [0.25, 0.3) is 5.78 Å². The maximum atomic E-state index is 10.9. The van der Waals surface area contributed by atoms with Gasteiger partial charge in [0.25, 0.3) is 5.91 Å². The Labute approximate surface area is 85.7 Å². The van der Waals surface area contributed by atoms with Crippen LogP contribution in [0.3, 0.4) is 0 Å². The zero-order valence-electron chi connectivity index (χ0n) is 8.39. The maximum absolute atomic E-state index is 10.9. The molecule has 0 radical (unpaired) electrons. The molecule has 6 nitrogen and oxygen atoms in total. The second kappa shape index (κ2) is 3.23. The second-order valence-electron chi connectivity index (χ2n) is 3.10. The highest BCUT2D eigenvalue weighted by molar-refractivity contribution is 5.91. The summed E-state index contributed by atoms with van der Waals surface area (Å²) in [5, 5.41) is 0. The predicted molar refractivity (Wildman–Crippen MR) is 52.8 cm³/mol. The van der Waals surface area contributed by atoms with Gasteiger partial charge in [-0.1, -0.05) is 0 Å². The molecule has 2 rings (SSSR count). The average Bonchev–Trinajstić information content (AvgIpc) is 2.59. The molecule has 0 fully saturated rings. The van der Waals surface area contributed by atoms with Crippen LogP contribution in [0, 0.1) is 6.92 Å². The fraction of sp³-hybridized carbons (Fsp3) is 0.222. The largest absolute Gasteiger partial charge is 0.482 e. The summed E-state index contributed by atoms with van der Waals surface area (Å²) in [5.41, 5.74) is 6.06. The molecule has 2 heterocycles. The molecule has 2 N–H and O–H groups in total. The van der Waals surface area contributed by atoms with Crippen LogP contribution in [0.15, 0.2) is 12.3 Å². The van der Waals surface area contributed by atoms with E-state index in [1.165, 1.54) is 13.3 Å². The van der Waals surface area contributed by atoms with E-state index in [-0.39, 0.29) is 5.69 Å². The molecule has 0 aliphatic carbocycles. The lowest BCUT2D eigenvalue weighted by Crippen LogP contribution is -2.10. The van der Waals surface area contributed by atoms with Crippen LogP contribution in [0.2, 0.25) is 0 Å². The van der Waals surface area contributed by atoms with Gasteiger partial charge in [-0.3, -0.25) is 9.20 Å². The first-order valence-corrected chi connectivity index (χ1v) is 4.32. The van der Waals surface area contributed by atoms with Crippen molar-refractivity contribution >= 4 is 11.7 Å². The van der Waals surface area contributed by atoms with E-state index in [1.54, 1.807) is 10.5 Å². The smallest absolute Gasteiger partial charge is 0.268 e. The summed E-state index contributed by atoms with van der Waals surface area (Å²) >= 11 is 0. The normalized spacial score (nSPS) is 10.5. The molecule has 1 amide bonds. The van der Waals surface area contributed by atoms with Crippen molar-refractivity contribution in [2.24, 2.45) is 5.73 Å². The van der Waals surface area contributed by atoms with Gasteiger partial charge >= 0.3 is 0 Å². The van der Waals surface area contributed by atoms with Gasteiger partial charge in [-0.2, -0.15) is 0 Å². The molecule has 0 aliphatic rings. The zero-order valence-corrected chi connectivity index (χ0v) is 8.39. The molecular weight excluding hydrogens is 196 g/mol. The Kier molecular flexibility index (Phi) is 2.03. The van der Waals surface area contributed by atoms with Gasteiger partial charge in [-0.05, 0) is 6.92 Å². The number of hydrogen-bond acceptors (Lipinski definition) is 4. The van der Waals surface area contributed by atoms with Crippen molar-refractivity contribution in [2.75, 3.05) is 7.11 Å². The lowest BCUT2D eigenvalue weighted by atomic mass is 10.4. The molecule has 6 heteroatoms. The Balaban J connectivity index is 2.74. The predicted octanol–water partition coefficient (Wildman–Crippen LogP) is 0.145. The highest BCUT2D eigenvalue weighted by Crippen LogP contribution is 2.15. The van der Waals surface area contributed by atoms with Gasteiger partial charge in [0, 0.05) is 18.0 Å². The first kappa shape index (κ1) is 9.45. The molecule has 0 saturated heterocycles. The Morgan fingerprint density at radius 3 is 2.87 bits per heavy atom. The number of carbonyl (C=O) groups excluding carboxylic acids is 1.